The second-order valence-corrected chi connectivity index (χ2v) is 4.30. The number of hydrogen-bond acceptors (Lipinski definition) is 4. The fourth-order valence-electron chi connectivity index (χ4n) is 2.26. The standard InChI is InChI=1S/C12H14FN5/c13-10-5-9(6-14)12(16-7-10)18-4-3-17-2-1-15-11(17)8-18/h1-2,5,7H,3-4,6,8,14H2. The van der Waals surface area contributed by atoms with Crippen molar-refractivity contribution in [3.63, 3.8) is 0 Å². The number of halogens is 1. The minimum atomic E-state index is -0.349. The first-order valence-electron chi connectivity index (χ1n) is 5.87. The first kappa shape index (κ1) is 11.2. The first-order valence-corrected chi connectivity index (χ1v) is 5.87. The fraction of sp³-hybridized carbons (Fsp3) is 0.333. The van der Waals surface area contributed by atoms with Crippen LogP contribution in [-0.2, 0) is 19.6 Å². The summed E-state index contributed by atoms with van der Waals surface area (Å²) in [6.45, 7) is 2.65. The largest absolute Gasteiger partial charge is 0.347 e. The molecule has 94 valence electrons. The monoisotopic (exact) mass is 247 g/mol. The van der Waals surface area contributed by atoms with Gasteiger partial charge >= 0.3 is 0 Å². The summed E-state index contributed by atoms with van der Waals surface area (Å²) in [7, 11) is 0. The van der Waals surface area contributed by atoms with E-state index in [1.165, 1.54) is 12.3 Å². The Morgan fingerprint density at radius 1 is 1.33 bits per heavy atom. The molecule has 0 radical (unpaired) electrons. The molecule has 2 aromatic rings. The molecule has 0 fully saturated rings. The molecule has 0 amide bonds. The minimum Gasteiger partial charge on any atom is -0.347 e. The summed E-state index contributed by atoms with van der Waals surface area (Å²) in [6.07, 6.45) is 4.99. The van der Waals surface area contributed by atoms with Crippen molar-refractivity contribution < 1.29 is 4.39 Å². The number of anilines is 1. The number of rotatable bonds is 2. The molecule has 5 nitrogen and oxygen atoms in total. The van der Waals surface area contributed by atoms with Crippen LogP contribution in [0.2, 0.25) is 0 Å². The maximum Gasteiger partial charge on any atom is 0.141 e. The third kappa shape index (κ3) is 1.84. The van der Waals surface area contributed by atoms with E-state index in [2.05, 4.69) is 19.4 Å². The normalized spacial score (nSPS) is 14.7. The van der Waals surface area contributed by atoms with Crippen molar-refractivity contribution in [3.8, 4) is 0 Å². The third-order valence-corrected chi connectivity index (χ3v) is 3.17. The highest BCUT2D eigenvalue weighted by atomic mass is 19.1. The smallest absolute Gasteiger partial charge is 0.141 e. The number of pyridine rings is 1. The van der Waals surface area contributed by atoms with Crippen LogP contribution in [0.5, 0.6) is 0 Å². The highest BCUT2D eigenvalue weighted by molar-refractivity contribution is 5.47. The van der Waals surface area contributed by atoms with E-state index in [9.17, 15) is 4.39 Å². The topological polar surface area (TPSA) is 60.0 Å². The Morgan fingerprint density at radius 3 is 3.06 bits per heavy atom. The lowest BCUT2D eigenvalue weighted by atomic mass is 10.2. The Labute approximate surface area is 104 Å². The Morgan fingerprint density at radius 2 is 2.22 bits per heavy atom. The summed E-state index contributed by atoms with van der Waals surface area (Å²) in [4.78, 5) is 10.5. The molecular weight excluding hydrogens is 233 g/mol. The van der Waals surface area contributed by atoms with E-state index >= 15 is 0 Å². The molecule has 1 aliphatic rings. The van der Waals surface area contributed by atoms with Gasteiger partial charge in [0.25, 0.3) is 0 Å². The van der Waals surface area contributed by atoms with E-state index in [0.717, 1.165) is 30.3 Å². The Bertz CT molecular complexity index is 565. The van der Waals surface area contributed by atoms with E-state index in [0.29, 0.717) is 6.54 Å². The van der Waals surface area contributed by atoms with Crippen molar-refractivity contribution in [3.05, 3.63) is 41.9 Å². The lowest BCUT2D eigenvalue weighted by Crippen LogP contribution is -2.35. The number of imidazole rings is 1. The van der Waals surface area contributed by atoms with E-state index in [1.54, 1.807) is 6.20 Å². The molecule has 0 aromatic carbocycles. The number of fused-ring (bicyclic) bond motifs is 1. The van der Waals surface area contributed by atoms with Gasteiger partial charge in [0.2, 0.25) is 0 Å². The molecule has 6 heteroatoms. The van der Waals surface area contributed by atoms with Gasteiger partial charge in [-0.2, -0.15) is 0 Å². The van der Waals surface area contributed by atoms with Gasteiger partial charge in [-0.05, 0) is 6.07 Å². The Hall–Kier alpha value is -1.95. The second kappa shape index (κ2) is 4.38. The van der Waals surface area contributed by atoms with E-state index in [4.69, 9.17) is 5.73 Å². The molecule has 3 rings (SSSR count). The van der Waals surface area contributed by atoms with Gasteiger partial charge in [-0.3, -0.25) is 0 Å². The molecule has 0 atom stereocenters. The van der Waals surface area contributed by atoms with E-state index in [-0.39, 0.29) is 12.4 Å². The van der Waals surface area contributed by atoms with Gasteiger partial charge in [0, 0.05) is 37.6 Å². The van der Waals surface area contributed by atoms with Crippen molar-refractivity contribution in [2.24, 2.45) is 5.73 Å². The van der Waals surface area contributed by atoms with E-state index < -0.39 is 0 Å². The lowest BCUT2D eigenvalue weighted by molar-refractivity contribution is 0.552. The average Bonchev–Trinajstić information content (AvgIpc) is 2.85. The lowest BCUT2D eigenvalue weighted by Gasteiger charge is -2.29. The number of nitrogens with zero attached hydrogens (tertiary/aromatic N) is 4. The van der Waals surface area contributed by atoms with Crippen LogP contribution in [0.15, 0.2) is 24.7 Å². The first-order chi connectivity index (χ1) is 8.78. The zero-order chi connectivity index (χ0) is 12.5. The highest BCUT2D eigenvalue weighted by Crippen LogP contribution is 2.22. The Kier molecular flexibility index (Phi) is 2.71. The van der Waals surface area contributed by atoms with Crippen molar-refractivity contribution >= 4 is 5.82 Å². The minimum absolute atomic E-state index is 0.283. The molecule has 0 unspecified atom stereocenters. The predicted molar refractivity (Wildman–Crippen MR) is 65.4 cm³/mol. The molecule has 18 heavy (non-hydrogen) atoms. The maximum atomic E-state index is 13.1. The van der Waals surface area contributed by atoms with Crippen LogP contribution in [0.1, 0.15) is 11.4 Å². The second-order valence-electron chi connectivity index (χ2n) is 4.30. The third-order valence-electron chi connectivity index (χ3n) is 3.17. The van der Waals surface area contributed by atoms with Crippen molar-refractivity contribution in [1.82, 2.24) is 14.5 Å². The summed E-state index contributed by atoms with van der Waals surface area (Å²) >= 11 is 0. The molecule has 2 N–H and O–H groups in total. The fourth-order valence-corrected chi connectivity index (χ4v) is 2.26. The van der Waals surface area contributed by atoms with Crippen molar-refractivity contribution in [1.29, 1.82) is 0 Å². The van der Waals surface area contributed by atoms with Crippen LogP contribution < -0.4 is 10.6 Å². The van der Waals surface area contributed by atoms with Crippen molar-refractivity contribution in [2.45, 2.75) is 19.6 Å². The summed E-state index contributed by atoms with van der Waals surface area (Å²) in [5.41, 5.74) is 6.38. The quantitative estimate of drug-likeness (QED) is 0.856. The summed E-state index contributed by atoms with van der Waals surface area (Å²) in [5, 5.41) is 0. The SMILES string of the molecule is NCc1cc(F)cnc1N1CCn2ccnc2C1. The van der Waals surface area contributed by atoms with Gasteiger partial charge in [0.05, 0.1) is 12.7 Å². The van der Waals surface area contributed by atoms with Gasteiger partial charge in [0.15, 0.2) is 0 Å². The molecule has 0 spiro atoms. The molecule has 3 heterocycles. The molecule has 0 bridgehead atoms. The predicted octanol–water partition coefficient (Wildman–Crippen LogP) is 0.896. The van der Waals surface area contributed by atoms with Crippen LogP contribution in [0.25, 0.3) is 0 Å². The zero-order valence-corrected chi connectivity index (χ0v) is 9.88. The van der Waals surface area contributed by atoms with Crippen LogP contribution in [0.4, 0.5) is 10.2 Å². The van der Waals surface area contributed by atoms with Gasteiger partial charge in [0.1, 0.15) is 17.5 Å². The summed E-state index contributed by atoms with van der Waals surface area (Å²) in [5.74, 6) is 1.40. The molecular formula is C12H14FN5. The van der Waals surface area contributed by atoms with Crippen molar-refractivity contribution in [2.75, 3.05) is 11.4 Å². The molecule has 1 aliphatic heterocycles. The van der Waals surface area contributed by atoms with Gasteiger partial charge in [-0.25, -0.2) is 14.4 Å². The zero-order valence-electron chi connectivity index (χ0n) is 9.88. The van der Waals surface area contributed by atoms with E-state index in [1.807, 2.05) is 6.20 Å². The number of aromatic nitrogens is 3. The highest BCUT2D eigenvalue weighted by Gasteiger charge is 2.20. The summed E-state index contributed by atoms with van der Waals surface area (Å²) < 4.78 is 15.3. The molecule has 2 aromatic heterocycles. The maximum absolute atomic E-state index is 13.1. The molecule has 0 aliphatic carbocycles. The molecule has 0 saturated heterocycles. The number of hydrogen-bond donors (Lipinski definition) is 1. The van der Waals surface area contributed by atoms with Crippen LogP contribution >= 0.6 is 0 Å². The van der Waals surface area contributed by atoms with Gasteiger partial charge in [-0.15, -0.1) is 0 Å². The van der Waals surface area contributed by atoms with Crippen LogP contribution in [0, 0.1) is 5.82 Å². The van der Waals surface area contributed by atoms with Gasteiger partial charge < -0.3 is 15.2 Å². The van der Waals surface area contributed by atoms with Crippen LogP contribution in [-0.4, -0.2) is 21.1 Å². The average molecular weight is 247 g/mol. The van der Waals surface area contributed by atoms with Crippen LogP contribution in [0.3, 0.4) is 0 Å². The number of nitrogens with two attached hydrogens (primary N) is 1. The van der Waals surface area contributed by atoms with Gasteiger partial charge in [-0.1, -0.05) is 0 Å². The summed E-state index contributed by atoms with van der Waals surface area (Å²) in [6, 6.07) is 1.45. The Balaban J connectivity index is 1.93. The molecule has 0 saturated carbocycles.